The number of fused-ring (bicyclic) bond motifs is 6. The summed E-state index contributed by atoms with van der Waals surface area (Å²) in [5.74, 6) is -1.74. The van der Waals surface area contributed by atoms with E-state index in [0.717, 1.165) is 40.9 Å². The summed E-state index contributed by atoms with van der Waals surface area (Å²) >= 11 is 0. The Morgan fingerprint density at radius 3 is 1.87 bits per heavy atom. The predicted octanol–water partition coefficient (Wildman–Crippen LogP) is 9.40. The minimum Gasteiger partial charge on any atom is -0.490 e. The molecule has 4 heterocycles. The first-order valence-electron chi connectivity index (χ1n) is 21.6. The number of allylic oxidation sites excluding steroid dienone is 4. The van der Waals surface area contributed by atoms with E-state index in [1.54, 1.807) is 61.5 Å². The number of carbonyl (C=O) groups excluding carboxylic acids is 5. The number of rotatable bonds is 6. The lowest BCUT2D eigenvalue weighted by Crippen LogP contribution is -2.54. The van der Waals surface area contributed by atoms with E-state index in [9.17, 15) is 24.0 Å². The maximum Gasteiger partial charge on any atom is 0.338 e. The Labute approximate surface area is 362 Å². The van der Waals surface area contributed by atoms with Crippen molar-refractivity contribution in [2.45, 2.75) is 97.4 Å². The summed E-state index contributed by atoms with van der Waals surface area (Å²) in [5, 5.41) is 0. The molecule has 0 unspecified atom stereocenters. The molecule has 11 atom stereocenters. The molecule has 4 aliphatic carbocycles. The summed E-state index contributed by atoms with van der Waals surface area (Å²) in [7, 11) is 2.78. The van der Waals surface area contributed by atoms with E-state index in [-0.39, 0.29) is 53.5 Å². The van der Waals surface area contributed by atoms with Gasteiger partial charge in [-0.1, -0.05) is 63.6 Å². The number of benzene rings is 1. The molecular weight excluding hydrogens is 793 g/mol. The Balaban J connectivity index is 0.000000176. The first-order valence-corrected chi connectivity index (χ1v) is 21.6. The number of methoxy groups -OCH3 is 2. The van der Waals surface area contributed by atoms with Gasteiger partial charge in [0.2, 0.25) is 0 Å². The number of hydrogen-bond acceptors (Lipinski definition) is 12. The van der Waals surface area contributed by atoms with Gasteiger partial charge in [0, 0.05) is 51.5 Å². The molecule has 2 aliphatic heterocycles. The van der Waals surface area contributed by atoms with Crippen molar-refractivity contribution < 1.29 is 56.5 Å². The molecule has 0 N–H and O–H groups in total. The summed E-state index contributed by atoms with van der Waals surface area (Å²) < 4.78 is 38.6. The van der Waals surface area contributed by atoms with Crippen LogP contribution in [0.25, 0.3) is 0 Å². The molecule has 2 aromatic heterocycles. The van der Waals surface area contributed by atoms with Gasteiger partial charge in [0.15, 0.2) is 5.78 Å². The number of ketones is 1. The van der Waals surface area contributed by atoms with Crippen LogP contribution >= 0.6 is 0 Å². The highest BCUT2D eigenvalue weighted by Gasteiger charge is 2.62. The number of furan rings is 2. The number of cyclic esters (lactones) is 1. The lowest BCUT2D eigenvalue weighted by molar-refractivity contribution is -0.176. The third-order valence-electron chi connectivity index (χ3n) is 15.5. The molecule has 9 rings (SSSR count). The predicted molar refractivity (Wildman–Crippen MR) is 223 cm³/mol. The normalized spacial score (nSPS) is 35.9. The summed E-state index contributed by atoms with van der Waals surface area (Å²) in [6, 6.07) is 12.6. The smallest absolute Gasteiger partial charge is 0.338 e. The summed E-state index contributed by atoms with van der Waals surface area (Å²) in [5.41, 5.74) is 2.50. The third kappa shape index (κ3) is 7.22. The molecule has 4 fully saturated rings. The van der Waals surface area contributed by atoms with Gasteiger partial charge in [0.1, 0.15) is 18.3 Å². The zero-order valence-electron chi connectivity index (χ0n) is 36.3. The molecule has 12 nitrogen and oxygen atoms in total. The Hall–Kier alpha value is -5.65. The molecular formula is C50H56O12. The van der Waals surface area contributed by atoms with Crippen LogP contribution in [-0.4, -0.2) is 50.0 Å². The van der Waals surface area contributed by atoms with Crippen LogP contribution in [0.1, 0.15) is 113 Å². The monoisotopic (exact) mass is 848 g/mol. The minimum absolute atomic E-state index is 0.0847. The van der Waals surface area contributed by atoms with Gasteiger partial charge in [-0.25, -0.2) is 4.79 Å². The van der Waals surface area contributed by atoms with Gasteiger partial charge < -0.3 is 32.5 Å². The van der Waals surface area contributed by atoms with E-state index >= 15 is 0 Å². The maximum atomic E-state index is 13.1. The van der Waals surface area contributed by atoms with Gasteiger partial charge in [-0.05, 0) is 74.9 Å². The first kappa shape index (κ1) is 43.0. The van der Waals surface area contributed by atoms with E-state index < -0.39 is 46.3 Å². The van der Waals surface area contributed by atoms with Gasteiger partial charge in [-0.15, -0.1) is 0 Å². The zero-order valence-corrected chi connectivity index (χ0v) is 36.3. The van der Waals surface area contributed by atoms with Crippen LogP contribution in [0.5, 0.6) is 0 Å². The van der Waals surface area contributed by atoms with Crippen LogP contribution in [0.3, 0.4) is 0 Å². The van der Waals surface area contributed by atoms with E-state index in [0.29, 0.717) is 37.7 Å². The fourth-order valence-electron chi connectivity index (χ4n) is 12.2. The topological polar surface area (TPSA) is 158 Å². The van der Waals surface area contributed by atoms with Crippen LogP contribution in [0.15, 0.2) is 112 Å². The van der Waals surface area contributed by atoms with Gasteiger partial charge >= 0.3 is 23.9 Å². The van der Waals surface area contributed by atoms with Crippen molar-refractivity contribution >= 4 is 29.7 Å². The molecule has 12 heteroatoms. The fourth-order valence-corrected chi connectivity index (χ4v) is 12.2. The molecule has 0 bridgehead atoms. The van der Waals surface area contributed by atoms with Crippen molar-refractivity contribution in [2.24, 2.45) is 45.3 Å². The van der Waals surface area contributed by atoms with Crippen LogP contribution in [0.4, 0.5) is 0 Å². The summed E-state index contributed by atoms with van der Waals surface area (Å²) in [6.45, 7) is 12.7. The van der Waals surface area contributed by atoms with Crippen molar-refractivity contribution in [1.29, 1.82) is 0 Å². The maximum absolute atomic E-state index is 13.1. The highest BCUT2D eigenvalue weighted by atomic mass is 16.6. The number of ether oxygens (including phenoxy) is 5. The van der Waals surface area contributed by atoms with Crippen molar-refractivity contribution in [1.82, 2.24) is 0 Å². The largest absolute Gasteiger partial charge is 0.490 e. The average molecular weight is 849 g/mol. The van der Waals surface area contributed by atoms with Crippen LogP contribution < -0.4 is 0 Å². The fraction of sp³-hybridized carbons (Fsp3) is 0.500. The van der Waals surface area contributed by atoms with Crippen LogP contribution in [0, 0.1) is 45.3 Å². The Kier molecular flexibility index (Phi) is 11.3. The number of esters is 4. The molecule has 62 heavy (non-hydrogen) atoms. The lowest BCUT2D eigenvalue weighted by Gasteiger charge is -2.59. The van der Waals surface area contributed by atoms with Gasteiger partial charge in [0.25, 0.3) is 0 Å². The molecule has 0 amide bonds. The number of carbonyl (C=O) groups is 5. The van der Waals surface area contributed by atoms with Crippen molar-refractivity contribution in [3.05, 3.63) is 120 Å². The molecule has 2 saturated heterocycles. The molecule has 0 radical (unpaired) electrons. The average Bonchev–Trinajstić information content (AvgIpc) is 4.00. The quantitative estimate of drug-likeness (QED) is 0.132. The first-order chi connectivity index (χ1) is 29.5. The van der Waals surface area contributed by atoms with Crippen molar-refractivity contribution in [3.8, 4) is 0 Å². The van der Waals surface area contributed by atoms with E-state index in [2.05, 4.69) is 26.5 Å². The Morgan fingerprint density at radius 2 is 1.27 bits per heavy atom. The lowest BCUT2D eigenvalue weighted by atomic mass is 9.47. The molecule has 2 saturated carbocycles. The van der Waals surface area contributed by atoms with E-state index in [4.69, 9.17) is 32.5 Å². The number of hydrogen-bond donors (Lipinski definition) is 0. The van der Waals surface area contributed by atoms with Crippen molar-refractivity contribution in [3.63, 3.8) is 0 Å². The van der Waals surface area contributed by atoms with Crippen LogP contribution in [0.2, 0.25) is 0 Å². The molecule has 3 aromatic rings. The highest BCUT2D eigenvalue weighted by molar-refractivity contribution is 5.96. The molecule has 0 spiro atoms. The summed E-state index contributed by atoms with van der Waals surface area (Å²) in [6.07, 6.45) is 13.9. The second-order valence-electron chi connectivity index (χ2n) is 18.9. The SMILES string of the molecule is C=C1O[C@H](c2ccoc2)C[C@]2(C)C3=C[C@@H](OC(=O)c4ccccc4)C[C@@H](C(=O)OC)[C@]3(C)CC[C@@H]12.COC(=O)[C@@H]1CC(=O)C=C2[C@@]1(C)CC[C@H]1C(=O)O[C@H](c3ccoc3)C[C@]21C. The summed E-state index contributed by atoms with van der Waals surface area (Å²) in [4.78, 5) is 63.7. The van der Waals surface area contributed by atoms with Gasteiger partial charge in [-0.3, -0.25) is 19.2 Å². The van der Waals surface area contributed by atoms with Gasteiger partial charge in [-0.2, -0.15) is 0 Å². The molecule has 6 aliphatic rings. The highest BCUT2D eigenvalue weighted by Crippen LogP contribution is 2.66. The second-order valence-corrected chi connectivity index (χ2v) is 18.9. The Morgan fingerprint density at radius 1 is 0.710 bits per heavy atom. The van der Waals surface area contributed by atoms with Crippen molar-refractivity contribution in [2.75, 3.05) is 14.2 Å². The van der Waals surface area contributed by atoms with Gasteiger partial charge in [0.05, 0.1) is 68.3 Å². The standard InChI is InChI=1S/C29H32O6.C21H24O6/c1-18-22-10-12-28(2)23(27(31)32-4)14-21(35-26(30)19-8-6-5-7-9-19)15-25(28)29(22,3)16-24(34-18)20-11-13-33-17-20;1-20-6-4-14-19(24)27-16(12-5-7-26-11-12)10-21(14,2)17(20)9-13(22)8-15(20)18(23)25-3/h5-9,11,13,15,17,21-24H,1,10,12,14,16H2,2-4H3;5,7,9,11,14-16H,4,6,8,10H2,1-3H3/t21-,22-,23-,24-,28-,29-;14-,15-,16-,20-,21-/m00/s1. The van der Waals surface area contributed by atoms with E-state index in [1.807, 2.05) is 26.0 Å². The Bertz CT molecular complexity index is 2290. The molecule has 1 aromatic carbocycles. The zero-order chi connectivity index (χ0) is 44.2. The second kappa shape index (κ2) is 16.2. The molecule has 328 valence electrons. The van der Waals surface area contributed by atoms with E-state index in [1.165, 1.54) is 14.2 Å². The minimum atomic E-state index is -0.549. The van der Waals surface area contributed by atoms with Crippen LogP contribution in [-0.2, 0) is 42.9 Å². The third-order valence-corrected chi connectivity index (χ3v) is 15.5.